The molecule has 1 aromatic rings. The normalized spacial score (nSPS) is 12.1. The first-order chi connectivity index (χ1) is 9.53. The molecule has 1 atom stereocenters. The average Bonchev–Trinajstić information content (AvgIpc) is 2.46. The van der Waals surface area contributed by atoms with Gasteiger partial charge in [0.2, 0.25) is 0 Å². The first-order valence-corrected chi connectivity index (χ1v) is 6.56. The summed E-state index contributed by atoms with van der Waals surface area (Å²) in [6.45, 7) is 4.84. The third-order valence-corrected chi connectivity index (χ3v) is 2.91. The van der Waals surface area contributed by atoms with Crippen LogP contribution in [0, 0.1) is 5.92 Å². The molecule has 0 heterocycles. The van der Waals surface area contributed by atoms with Crippen LogP contribution < -0.4 is 14.8 Å². The zero-order valence-electron chi connectivity index (χ0n) is 12.7. The van der Waals surface area contributed by atoms with E-state index in [2.05, 4.69) is 19.2 Å². The molecule has 0 saturated heterocycles. The predicted molar refractivity (Wildman–Crippen MR) is 77.1 cm³/mol. The quantitative estimate of drug-likeness (QED) is 0.776. The summed E-state index contributed by atoms with van der Waals surface area (Å²) in [7, 11) is 4.53. The number of methoxy groups -OCH3 is 3. The maximum absolute atomic E-state index is 12.0. The Morgan fingerprint density at radius 3 is 2.40 bits per heavy atom. The van der Waals surface area contributed by atoms with Gasteiger partial charge in [-0.1, -0.05) is 13.8 Å². The second kappa shape index (κ2) is 7.75. The Hall–Kier alpha value is -1.75. The van der Waals surface area contributed by atoms with E-state index in [1.807, 2.05) is 0 Å². The van der Waals surface area contributed by atoms with Gasteiger partial charge in [0.25, 0.3) is 0 Å². The van der Waals surface area contributed by atoms with Crippen molar-refractivity contribution in [2.24, 2.45) is 5.92 Å². The number of nitrogens with one attached hydrogen (secondary N) is 1. The van der Waals surface area contributed by atoms with Gasteiger partial charge in [-0.05, 0) is 30.7 Å². The first-order valence-electron chi connectivity index (χ1n) is 6.56. The monoisotopic (exact) mass is 281 g/mol. The van der Waals surface area contributed by atoms with E-state index in [1.54, 1.807) is 32.4 Å². The van der Waals surface area contributed by atoms with Crippen LogP contribution >= 0.6 is 0 Å². The van der Waals surface area contributed by atoms with E-state index in [0.717, 1.165) is 0 Å². The van der Waals surface area contributed by atoms with Crippen molar-refractivity contribution >= 4 is 5.97 Å². The highest BCUT2D eigenvalue weighted by Crippen LogP contribution is 2.30. The van der Waals surface area contributed by atoms with Gasteiger partial charge in [-0.15, -0.1) is 0 Å². The van der Waals surface area contributed by atoms with E-state index >= 15 is 0 Å². The minimum absolute atomic E-state index is 0.350. The maximum atomic E-state index is 12.0. The van der Waals surface area contributed by atoms with Crippen molar-refractivity contribution in [1.82, 2.24) is 5.32 Å². The van der Waals surface area contributed by atoms with Crippen LogP contribution in [0.3, 0.4) is 0 Å². The van der Waals surface area contributed by atoms with Crippen LogP contribution in [0.1, 0.15) is 25.5 Å². The zero-order chi connectivity index (χ0) is 15.1. The molecular formula is C15H23NO4. The highest BCUT2D eigenvalue weighted by atomic mass is 16.5. The topological polar surface area (TPSA) is 56.8 Å². The molecular weight excluding hydrogens is 258 g/mol. The number of carbonyl (C=O) groups excluding carboxylic acids is 1. The largest absolute Gasteiger partial charge is 0.497 e. The van der Waals surface area contributed by atoms with Crippen LogP contribution in [0.2, 0.25) is 0 Å². The molecule has 1 rings (SSSR count). The second-order valence-corrected chi connectivity index (χ2v) is 4.87. The summed E-state index contributed by atoms with van der Waals surface area (Å²) in [6.07, 6.45) is 0. The van der Waals surface area contributed by atoms with Crippen molar-refractivity contribution in [2.75, 3.05) is 27.9 Å². The number of ether oxygens (including phenoxy) is 3. The van der Waals surface area contributed by atoms with Crippen LogP contribution in [0.25, 0.3) is 0 Å². The number of rotatable bonds is 7. The van der Waals surface area contributed by atoms with Gasteiger partial charge in [-0.2, -0.15) is 0 Å². The van der Waals surface area contributed by atoms with E-state index < -0.39 is 6.04 Å². The Bertz CT molecular complexity index is 445. The van der Waals surface area contributed by atoms with Gasteiger partial charge in [-0.25, -0.2) is 4.79 Å². The van der Waals surface area contributed by atoms with Gasteiger partial charge in [0.1, 0.15) is 17.5 Å². The molecule has 0 aliphatic carbocycles. The van der Waals surface area contributed by atoms with Gasteiger partial charge in [-0.3, -0.25) is 0 Å². The Morgan fingerprint density at radius 1 is 1.20 bits per heavy atom. The van der Waals surface area contributed by atoms with Gasteiger partial charge < -0.3 is 19.5 Å². The van der Waals surface area contributed by atoms with Gasteiger partial charge >= 0.3 is 5.97 Å². The zero-order valence-corrected chi connectivity index (χ0v) is 12.7. The predicted octanol–water partition coefficient (Wildman–Crippen LogP) is 2.16. The lowest BCUT2D eigenvalue weighted by Crippen LogP contribution is -2.32. The van der Waals surface area contributed by atoms with Gasteiger partial charge in [0.15, 0.2) is 0 Å². The molecule has 0 spiro atoms. The third kappa shape index (κ3) is 4.13. The van der Waals surface area contributed by atoms with Crippen LogP contribution in [-0.4, -0.2) is 33.8 Å². The summed E-state index contributed by atoms with van der Waals surface area (Å²) in [5.74, 6) is 1.36. The molecule has 5 heteroatoms. The molecule has 0 saturated carbocycles. The minimum atomic E-state index is -0.576. The maximum Gasteiger partial charge on any atom is 0.327 e. The summed E-state index contributed by atoms with van der Waals surface area (Å²) >= 11 is 0. The Balaban J connectivity index is 3.13. The molecule has 0 aromatic heterocycles. The van der Waals surface area contributed by atoms with Crippen molar-refractivity contribution in [1.29, 1.82) is 0 Å². The lowest BCUT2D eigenvalue weighted by molar-refractivity contribution is -0.143. The molecule has 112 valence electrons. The van der Waals surface area contributed by atoms with E-state index in [9.17, 15) is 4.79 Å². The van der Waals surface area contributed by atoms with E-state index in [0.29, 0.717) is 29.5 Å². The lowest BCUT2D eigenvalue weighted by Gasteiger charge is -2.21. The molecule has 1 N–H and O–H groups in total. The standard InChI is InChI=1S/C15H23NO4/c1-10(2)9-16-14(15(17)20-5)12-8-11(18-3)6-7-13(12)19-4/h6-8,10,14,16H,9H2,1-5H3. The van der Waals surface area contributed by atoms with Crippen molar-refractivity contribution < 1.29 is 19.0 Å². The Morgan fingerprint density at radius 2 is 1.90 bits per heavy atom. The van der Waals surface area contributed by atoms with Crippen LogP contribution in [0.15, 0.2) is 18.2 Å². The van der Waals surface area contributed by atoms with E-state index in [-0.39, 0.29) is 5.97 Å². The van der Waals surface area contributed by atoms with Gasteiger partial charge in [0.05, 0.1) is 21.3 Å². The number of hydrogen-bond donors (Lipinski definition) is 1. The Labute approximate surface area is 120 Å². The molecule has 0 bridgehead atoms. The average molecular weight is 281 g/mol. The molecule has 1 aromatic carbocycles. The minimum Gasteiger partial charge on any atom is -0.497 e. The van der Waals surface area contributed by atoms with Gasteiger partial charge in [0, 0.05) is 5.56 Å². The van der Waals surface area contributed by atoms with E-state index in [1.165, 1.54) is 7.11 Å². The third-order valence-electron chi connectivity index (χ3n) is 2.91. The molecule has 0 fully saturated rings. The van der Waals surface area contributed by atoms with Crippen LogP contribution in [-0.2, 0) is 9.53 Å². The van der Waals surface area contributed by atoms with Crippen molar-refractivity contribution in [3.63, 3.8) is 0 Å². The molecule has 20 heavy (non-hydrogen) atoms. The Kier molecular flexibility index (Phi) is 6.31. The second-order valence-electron chi connectivity index (χ2n) is 4.87. The highest BCUT2D eigenvalue weighted by molar-refractivity contribution is 5.78. The smallest absolute Gasteiger partial charge is 0.327 e. The molecule has 0 aliphatic rings. The van der Waals surface area contributed by atoms with Crippen LogP contribution in [0.4, 0.5) is 0 Å². The van der Waals surface area contributed by atoms with Crippen molar-refractivity contribution in [2.45, 2.75) is 19.9 Å². The summed E-state index contributed by atoms with van der Waals surface area (Å²) in [6, 6.07) is 4.78. The fourth-order valence-electron chi connectivity index (χ4n) is 1.86. The van der Waals surface area contributed by atoms with Crippen molar-refractivity contribution in [3.05, 3.63) is 23.8 Å². The number of hydrogen-bond acceptors (Lipinski definition) is 5. The van der Waals surface area contributed by atoms with Crippen molar-refractivity contribution in [3.8, 4) is 11.5 Å². The molecule has 5 nitrogen and oxygen atoms in total. The molecule has 1 unspecified atom stereocenters. The fourth-order valence-corrected chi connectivity index (χ4v) is 1.86. The number of benzene rings is 1. The first kappa shape index (κ1) is 16.3. The van der Waals surface area contributed by atoms with E-state index in [4.69, 9.17) is 14.2 Å². The molecule has 0 aliphatic heterocycles. The highest BCUT2D eigenvalue weighted by Gasteiger charge is 2.25. The summed E-state index contributed by atoms with van der Waals surface area (Å²) in [5, 5.41) is 3.20. The number of carbonyl (C=O) groups is 1. The lowest BCUT2D eigenvalue weighted by atomic mass is 10.0. The van der Waals surface area contributed by atoms with Crippen LogP contribution in [0.5, 0.6) is 11.5 Å². The summed E-state index contributed by atoms with van der Waals surface area (Å²) in [4.78, 5) is 12.0. The fraction of sp³-hybridized carbons (Fsp3) is 0.533. The summed E-state index contributed by atoms with van der Waals surface area (Å²) in [5.41, 5.74) is 0.708. The number of esters is 1. The summed E-state index contributed by atoms with van der Waals surface area (Å²) < 4.78 is 15.4. The molecule has 0 radical (unpaired) electrons. The molecule has 0 amide bonds. The SMILES string of the molecule is COC(=O)C(NCC(C)C)c1cc(OC)ccc1OC.